The Morgan fingerprint density at radius 3 is 2.31 bits per heavy atom. The van der Waals surface area contributed by atoms with Gasteiger partial charge in [-0.1, -0.05) is 64.3 Å². The first-order valence-electron chi connectivity index (χ1n) is 13.5. The van der Waals surface area contributed by atoms with Crippen molar-refractivity contribution in [1.82, 2.24) is 0 Å². The number of hydrogen-bond acceptors (Lipinski definition) is 2. The highest BCUT2D eigenvalue weighted by Crippen LogP contribution is 2.72. The van der Waals surface area contributed by atoms with Gasteiger partial charge in [-0.05, 0) is 111 Å². The molecule has 32 heavy (non-hydrogen) atoms. The lowest BCUT2D eigenvalue weighted by Gasteiger charge is -2.62. The van der Waals surface area contributed by atoms with Crippen molar-refractivity contribution >= 4 is 0 Å². The van der Waals surface area contributed by atoms with Crippen LogP contribution < -0.4 is 0 Å². The molecule has 8 atom stereocenters. The Bertz CT molecular complexity index is 802. The summed E-state index contributed by atoms with van der Waals surface area (Å²) in [6, 6.07) is 0. The van der Waals surface area contributed by atoms with E-state index in [9.17, 15) is 10.2 Å². The van der Waals surface area contributed by atoms with E-state index in [2.05, 4.69) is 61.5 Å². The van der Waals surface area contributed by atoms with Crippen molar-refractivity contribution in [2.24, 2.45) is 39.4 Å². The zero-order valence-electron chi connectivity index (χ0n) is 22.2. The van der Waals surface area contributed by atoms with E-state index in [0.29, 0.717) is 17.8 Å². The minimum Gasteiger partial charge on any atom is -0.393 e. The molecule has 182 valence electrons. The van der Waals surface area contributed by atoms with E-state index in [0.717, 1.165) is 19.3 Å². The van der Waals surface area contributed by atoms with Gasteiger partial charge in [-0.3, -0.25) is 0 Å². The molecule has 0 radical (unpaired) electrons. The quantitative estimate of drug-likeness (QED) is 0.444. The van der Waals surface area contributed by atoms with E-state index in [4.69, 9.17) is 0 Å². The van der Waals surface area contributed by atoms with Crippen LogP contribution in [0.1, 0.15) is 113 Å². The Morgan fingerprint density at radius 1 is 0.969 bits per heavy atom. The van der Waals surface area contributed by atoms with Crippen LogP contribution in [0.25, 0.3) is 0 Å². The maximum Gasteiger partial charge on any atom is 0.0603 e. The Morgan fingerprint density at radius 2 is 1.66 bits per heavy atom. The van der Waals surface area contributed by atoms with Gasteiger partial charge >= 0.3 is 0 Å². The maximum atomic E-state index is 11.0. The summed E-state index contributed by atoms with van der Waals surface area (Å²) in [5.41, 5.74) is 5.70. The van der Waals surface area contributed by atoms with Gasteiger partial charge in [0, 0.05) is 0 Å². The molecular weight excluding hydrogens is 392 g/mol. The van der Waals surface area contributed by atoms with Crippen LogP contribution in [-0.2, 0) is 0 Å². The number of aliphatic hydroxyl groups is 2. The van der Waals surface area contributed by atoms with Crippen LogP contribution in [0.15, 0.2) is 22.8 Å². The highest BCUT2D eigenvalue weighted by molar-refractivity contribution is 5.38. The van der Waals surface area contributed by atoms with E-state index < -0.39 is 0 Å². The number of fused-ring (bicyclic) bond motifs is 4. The van der Waals surface area contributed by atoms with Gasteiger partial charge in [-0.25, -0.2) is 0 Å². The molecule has 2 heteroatoms. The van der Waals surface area contributed by atoms with E-state index in [1.54, 1.807) is 11.1 Å². The lowest BCUT2D eigenvalue weighted by atomic mass is 9.43. The first-order chi connectivity index (χ1) is 14.8. The molecule has 0 aromatic rings. The fourth-order valence-electron chi connectivity index (χ4n) is 9.40. The van der Waals surface area contributed by atoms with Crippen molar-refractivity contribution in [3.63, 3.8) is 0 Å². The Hall–Kier alpha value is -0.600. The Kier molecular flexibility index (Phi) is 6.11. The van der Waals surface area contributed by atoms with E-state index in [-0.39, 0.29) is 33.9 Å². The lowest BCUT2D eigenvalue weighted by Crippen LogP contribution is -2.55. The molecule has 4 aliphatic carbocycles. The molecule has 1 unspecified atom stereocenters. The number of allylic oxidation sites excluding steroid dienone is 3. The molecule has 2 nitrogen and oxygen atoms in total. The van der Waals surface area contributed by atoms with Crippen LogP contribution >= 0.6 is 0 Å². The summed E-state index contributed by atoms with van der Waals surface area (Å²) >= 11 is 0. The third-order valence-electron chi connectivity index (χ3n) is 11.8. The summed E-state index contributed by atoms with van der Waals surface area (Å²) in [4.78, 5) is 0. The third-order valence-corrected chi connectivity index (χ3v) is 11.8. The molecule has 2 fully saturated rings. The molecule has 2 N–H and O–H groups in total. The lowest BCUT2D eigenvalue weighted by molar-refractivity contribution is -0.0969. The number of hydrogen-bond donors (Lipinski definition) is 2. The summed E-state index contributed by atoms with van der Waals surface area (Å²) in [5, 5.41) is 21.9. The van der Waals surface area contributed by atoms with Crippen LogP contribution in [0, 0.1) is 39.4 Å². The van der Waals surface area contributed by atoms with Crippen molar-refractivity contribution in [3.8, 4) is 0 Å². The first-order valence-corrected chi connectivity index (χ1v) is 13.5. The van der Waals surface area contributed by atoms with Gasteiger partial charge in [0.2, 0.25) is 0 Å². The fraction of sp³-hybridized carbons (Fsp3) is 0.867. The first kappa shape index (κ1) is 24.5. The highest BCUT2D eigenvalue weighted by atomic mass is 16.3. The second-order valence-electron chi connectivity index (χ2n) is 13.7. The second-order valence-corrected chi connectivity index (χ2v) is 13.7. The predicted molar refractivity (Wildman–Crippen MR) is 134 cm³/mol. The Labute approximate surface area is 198 Å². The number of rotatable bonds is 4. The number of aliphatic hydroxyl groups excluding tert-OH is 2. The summed E-state index contributed by atoms with van der Waals surface area (Å²) < 4.78 is 0. The van der Waals surface area contributed by atoms with E-state index in [1.165, 1.54) is 44.1 Å². The van der Waals surface area contributed by atoms with Gasteiger partial charge in [0.05, 0.1) is 12.2 Å². The van der Waals surface area contributed by atoms with Gasteiger partial charge in [-0.15, -0.1) is 0 Å². The molecule has 0 saturated heterocycles. The zero-order chi connectivity index (χ0) is 23.7. The van der Waals surface area contributed by atoms with Crippen LogP contribution in [0.4, 0.5) is 0 Å². The average molecular weight is 443 g/mol. The van der Waals surface area contributed by atoms with Crippen molar-refractivity contribution in [3.05, 3.63) is 22.8 Å². The molecule has 0 aromatic heterocycles. The van der Waals surface area contributed by atoms with Crippen LogP contribution in [0.3, 0.4) is 0 Å². The predicted octanol–water partition coefficient (Wildman–Crippen LogP) is 7.45. The fourth-order valence-corrected chi connectivity index (χ4v) is 9.40. The van der Waals surface area contributed by atoms with Crippen molar-refractivity contribution in [2.45, 2.75) is 125 Å². The molecule has 0 heterocycles. The normalized spacial score (nSPS) is 44.9. The van der Waals surface area contributed by atoms with Gasteiger partial charge in [-0.2, -0.15) is 0 Å². The molecule has 0 amide bonds. The minimum atomic E-state index is -0.238. The van der Waals surface area contributed by atoms with Gasteiger partial charge in [0.25, 0.3) is 0 Å². The van der Waals surface area contributed by atoms with Crippen molar-refractivity contribution in [1.29, 1.82) is 0 Å². The molecule has 4 aliphatic rings. The molecule has 0 bridgehead atoms. The molecule has 0 aliphatic heterocycles. The molecule has 2 saturated carbocycles. The van der Waals surface area contributed by atoms with Crippen LogP contribution in [-0.4, -0.2) is 22.4 Å². The van der Waals surface area contributed by atoms with Gasteiger partial charge < -0.3 is 10.2 Å². The summed E-state index contributed by atoms with van der Waals surface area (Å²) in [7, 11) is 0. The Balaban J connectivity index is 1.67. The molecule has 0 aromatic carbocycles. The van der Waals surface area contributed by atoms with Crippen LogP contribution in [0.5, 0.6) is 0 Å². The standard InChI is InChI=1S/C30H50O2/c1-19(2)9-11-24(31)20(3)21-13-17-30(8)23-10-12-25-27(4,5)26(32)15-16-28(25,6)22(23)14-18-29(21,30)7/h9,20-21,24-26,31-32H,10-18H2,1-8H3/t20-,21+,24+,25?,26-,28+,29+,30-/m1/s1. The van der Waals surface area contributed by atoms with Gasteiger partial charge in [0.1, 0.15) is 0 Å². The molecule has 0 spiro atoms. The van der Waals surface area contributed by atoms with E-state index in [1.807, 2.05) is 0 Å². The highest BCUT2D eigenvalue weighted by Gasteiger charge is 2.63. The van der Waals surface area contributed by atoms with E-state index >= 15 is 0 Å². The van der Waals surface area contributed by atoms with Crippen molar-refractivity contribution in [2.75, 3.05) is 0 Å². The molecule has 4 rings (SSSR count). The average Bonchev–Trinajstić information content (AvgIpc) is 3.00. The second kappa shape index (κ2) is 7.98. The summed E-state index contributed by atoms with van der Waals surface area (Å²) in [6.45, 7) is 18.9. The minimum absolute atomic E-state index is 0.00888. The van der Waals surface area contributed by atoms with Crippen LogP contribution in [0.2, 0.25) is 0 Å². The third kappa shape index (κ3) is 3.33. The van der Waals surface area contributed by atoms with Crippen molar-refractivity contribution < 1.29 is 10.2 Å². The molecular formula is C30H50O2. The topological polar surface area (TPSA) is 40.5 Å². The summed E-state index contributed by atoms with van der Waals surface area (Å²) in [5.74, 6) is 1.53. The zero-order valence-corrected chi connectivity index (χ0v) is 22.2. The SMILES string of the molecule is CC(C)=CC[C@H](O)[C@H](C)[C@@H]1CC[C@]2(C)C3=C(CC[C@@]12C)[C@]1(C)CC[C@@H](O)C(C)(C)C1CC3. The van der Waals surface area contributed by atoms with Gasteiger partial charge in [0.15, 0.2) is 0 Å². The smallest absolute Gasteiger partial charge is 0.0603 e. The monoisotopic (exact) mass is 442 g/mol. The maximum absolute atomic E-state index is 11.0. The summed E-state index contributed by atoms with van der Waals surface area (Å²) in [6.07, 6.45) is 12.2. The largest absolute Gasteiger partial charge is 0.393 e.